The maximum absolute atomic E-state index is 11.0. The molecule has 0 spiro atoms. The average Bonchev–Trinajstić information content (AvgIpc) is 2.82. The van der Waals surface area contributed by atoms with Crippen molar-refractivity contribution in [2.75, 3.05) is 0 Å². The minimum atomic E-state index is -0.166. The van der Waals surface area contributed by atoms with Crippen LogP contribution in [0.3, 0.4) is 0 Å². The fraction of sp³-hybridized carbons (Fsp3) is 0.231. The van der Waals surface area contributed by atoms with E-state index in [9.17, 15) is 4.91 Å². The standard InChI is InChI=1S/C13H13N4O2/c1-2-12-13(17(18)19)8-15-16(12)9-11-5-3-10(7-14)4-6-11/h3-6,8H,2,9H2,1H3,(H,18,19)/q+1. The van der Waals surface area contributed by atoms with Crippen molar-refractivity contribution in [2.24, 2.45) is 0 Å². The molecule has 0 aliphatic carbocycles. The van der Waals surface area contributed by atoms with Gasteiger partial charge in [-0.3, -0.25) is 4.68 Å². The van der Waals surface area contributed by atoms with Crippen LogP contribution >= 0.6 is 0 Å². The van der Waals surface area contributed by atoms with Gasteiger partial charge in [-0.1, -0.05) is 19.1 Å². The molecule has 1 aromatic heterocycles. The van der Waals surface area contributed by atoms with Crippen molar-refractivity contribution in [2.45, 2.75) is 19.9 Å². The third-order valence-electron chi connectivity index (χ3n) is 2.88. The Hall–Kier alpha value is -2.68. The first-order valence-electron chi connectivity index (χ1n) is 5.85. The Morgan fingerprint density at radius 3 is 2.63 bits per heavy atom. The minimum absolute atomic E-state index is 0.163. The van der Waals surface area contributed by atoms with Gasteiger partial charge in [-0.15, -0.1) is 0 Å². The highest BCUT2D eigenvalue weighted by Crippen LogP contribution is 2.18. The topological polar surface area (TPSA) is 81.9 Å². The number of benzene rings is 1. The smallest absolute Gasteiger partial charge is 0.258 e. The number of hydrogen-bond donors (Lipinski definition) is 1. The predicted octanol–water partition coefficient (Wildman–Crippen LogP) is 2.17. The Balaban J connectivity index is 2.28. The van der Waals surface area contributed by atoms with Gasteiger partial charge < -0.3 is 0 Å². The van der Waals surface area contributed by atoms with Gasteiger partial charge in [0.05, 0.1) is 23.1 Å². The van der Waals surface area contributed by atoms with Gasteiger partial charge in [-0.05, 0) is 24.1 Å². The Labute approximate surface area is 110 Å². The SMILES string of the molecule is CCc1c([N+](=O)O)cnn1Cc1ccc(C#N)cc1. The highest BCUT2D eigenvalue weighted by atomic mass is 16.6. The molecular formula is C13H13N4O2+. The largest absolute Gasteiger partial charge is 0.357 e. The van der Waals surface area contributed by atoms with Crippen molar-refractivity contribution in [3.63, 3.8) is 0 Å². The number of rotatable bonds is 4. The van der Waals surface area contributed by atoms with Gasteiger partial charge in [0.2, 0.25) is 0 Å². The summed E-state index contributed by atoms with van der Waals surface area (Å²) in [6, 6.07) is 9.20. The van der Waals surface area contributed by atoms with Gasteiger partial charge in [0.1, 0.15) is 11.9 Å². The van der Waals surface area contributed by atoms with Gasteiger partial charge in [0, 0.05) is 0 Å². The summed E-state index contributed by atoms with van der Waals surface area (Å²) in [7, 11) is 0. The van der Waals surface area contributed by atoms with Crippen molar-refractivity contribution in [1.29, 1.82) is 5.26 Å². The number of nitriles is 1. The van der Waals surface area contributed by atoms with Crippen LogP contribution < -0.4 is 0 Å². The molecule has 0 bridgehead atoms. The molecule has 0 fully saturated rings. The van der Waals surface area contributed by atoms with E-state index in [1.807, 2.05) is 19.1 Å². The maximum Gasteiger partial charge on any atom is 0.357 e. The zero-order valence-corrected chi connectivity index (χ0v) is 10.4. The molecule has 1 heterocycles. The van der Waals surface area contributed by atoms with Crippen LogP contribution in [0.1, 0.15) is 23.7 Å². The molecule has 2 rings (SSSR count). The lowest BCUT2D eigenvalue weighted by Gasteiger charge is -2.05. The summed E-state index contributed by atoms with van der Waals surface area (Å²) in [5, 5.41) is 21.8. The average molecular weight is 257 g/mol. The molecule has 0 aliphatic rings. The second-order valence-corrected chi connectivity index (χ2v) is 4.07. The van der Waals surface area contributed by atoms with Crippen LogP contribution in [-0.4, -0.2) is 19.9 Å². The molecule has 0 aliphatic heterocycles. The van der Waals surface area contributed by atoms with Crippen molar-refractivity contribution in [3.05, 3.63) is 52.2 Å². The lowest BCUT2D eigenvalue weighted by Crippen LogP contribution is -2.07. The van der Waals surface area contributed by atoms with Crippen molar-refractivity contribution >= 4 is 5.69 Å². The number of nitrogens with zero attached hydrogens (tertiary/aromatic N) is 4. The number of hydrogen-bond acceptors (Lipinski definition) is 3. The maximum atomic E-state index is 11.0. The molecule has 19 heavy (non-hydrogen) atoms. The molecule has 6 nitrogen and oxygen atoms in total. The highest BCUT2D eigenvalue weighted by Gasteiger charge is 2.23. The zero-order chi connectivity index (χ0) is 13.8. The van der Waals surface area contributed by atoms with E-state index >= 15 is 0 Å². The van der Waals surface area contributed by atoms with E-state index in [0.717, 1.165) is 5.56 Å². The normalized spacial score (nSPS) is 10.1. The van der Waals surface area contributed by atoms with Crippen LogP contribution in [0.5, 0.6) is 0 Å². The van der Waals surface area contributed by atoms with Gasteiger partial charge in [0.15, 0.2) is 0 Å². The molecule has 2 aromatic rings. The van der Waals surface area contributed by atoms with E-state index < -0.39 is 0 Å². The zero-order valence-electron chi connectivity index (χ0n) is 10.4. The van der Waals surface area contributed by atoms with E-state index in [1.165, 1.54) is 6.20 Å². The van der Waals surface area contributed by atoms with Crippen LogP contribution in [0.25, 0.3) is 0 Å². The Morgan fingerprint density at radius 2 is 2.11 bits per heavy atom. The summed E-state index contributed by atoms with van der Waals surface area (Å²) in [6.45, 7) is 2.38. The predicted molar refractivity (Wildman–Crippen MR) is 66.9 cm³/mol. The van der Waals surface area contributed by atoms with E-state index in [0.29, 0.717) is 24.2 Å². The lowest BCUT2D eigenvalue weighted by atomic mass is 10.1. The second kappa shape index (κ2) is 5.31. The number of aromatic nitrogens is 2. The van der Waals surface area contributed by atoms with E-state index in [2.05, 4.69) is 11.2 Å². The summed E-state index contributed by atoms with van der Waals surface area (Å²) in [5.74, 6) is 0. The molecule has 0 atom stereocenters. The summed E-state index contributed by atoms with van der Waals surface area (Å²) in [5.41, 5.74) is 2.40. The summed E-state index contributed by atoms with van der Waals surface area (Å²) < 4.78 is 1.66. The van der Waals surface area contributed by atoms with E-state index in [4.69, 9.17) is 10.5 Å². The summed E-state index contributed by atoms with van der Waals surface area (Å²) >= 11 is 0. The monoisotopic (exact) mass is 257 g/mol. The van der Waals surface area contributed by atoms with Crippen molar-refractivity contribution in [3.8, 4) is 6.07 Å². The van der Waals surface area contributed by atoms with E-state index in [1.54, 1.807) is 16.8 Å². The molecule has 1 N–H and O–H groups in total. The van der Waals surface area contributed by atoms with Crippen LogP contribution in [0.15, 0.2) is 30.5 Å². The lowest BCUT2D eigenvalue weighted by molar-refractivity contribution is -0.730. The van der Waals surface area contributed by atoms with E-state index in [-0.39, 0.29) is 10.6 Å². The Kier molecular flexibility index (Phi) is 3.57. The molecule has 0 radical (unpaired) electrons. The van der Waals surface area contributed by atoms with Gasteiger partial charge in [-0.25, -0.2) is 5.21 Å². The third kappa shape index (κ3) is 2.60. The van der Waals surface area contributed by atoms with Crippen LogP contribution in [0, 0.1) is 16.2 Å². The fourth-order valence-corrected chi connectivity index (χ4v) is 1.92. The van der Waals surface area contributed by atoms with Crippen molar-refractivity contribution < 1.29 is 10.1 Å². The van der Waals surface area contributed by atoms with Gasteiger partial charge in [0.25, 0.3) is 4.92 Å². The molecule has 96 valence electrons. The first-order valence-corrected chi connectivity index (χ1v) is 5.85. The van der Waals surface area contributed by atoms with Gasteiger partial charge >= 0.3 is 5.69 Å². The molecular weight excluding hydrogens is 244 g/mol. The fourth-order valence-electron chi connectivity index (χ4n) is 1.92. The Bertz CT molecular complexity index is 638. The Morgan fingerprint density at radius 1 is 1.42 bits per heavy atom. The highest BCUT2D eigenvalue weighted by molar-refractivity contribution is 5.34. The molecule has 0 unspecified atom stereocenters. The summed E-state index contributed by atoms with van der Waals surface area (Å²) in [6.07, 6.45) is 1.93. The first kappa shape index (κ1) is 12.8. The first-order chi connectivity index (χ1) is 9.15. The summed E-state index contributed by atoms with van der Waals surface area (Å²) in [4.78, 5) is 10.8. The van der Waals surface area contributed by atoms with Crippen LogP contribution in [-0.2, 0) is 13.0 Å². The quantitative estimate of drug-likeness (QED) is 0.851. The molecule has 0 saturated heterocycles. The molecule has 0 saturated carbocycles. The van der Waals surface area contributed by atoms with Crippen LogP contribution in [0.4, 0.5) is 5.69 Å². The molecule has 1 aromatic carbocycles. The third-order valence-corrected chi connectivity index (χ3v) is 2.88. The molecule has 0 amide bonds. The van der Waals surface area contributed by atoms with Gasteiger partial charge in [-0.2, -0.15) is 10.4 Å². The second-order valence-electron chi connectivity index (χ2n) is 4.07. The minimum Gasteiger partial charge on any atom is -0.258 e. The molecule has 6 heteroatoms. The van der Waals surface area contributed by atoms with Crippen LogP contribution in [0.2, 0.25) is 0 Å². The van der Waals surface area contributed by atoms with Crippen molar-refractivity contribution in [1.82, 2.24) is 9.78 Å².